The summed E-state index contributed by atoms with van der Waals surface area (Å²) in [5.41, 5.74) is -0.967. The molecule has 0 aromatic rings. The predicted octanol–water partition coefficient (Wildman–Crippen LogP) is 0.977. The standard InChI is InChI=1S/C15H29N3O4S/c1-15(2,14(19)20)17-9-11-18(12-10-17)23(21,22)16(3)13-7-5-4-6-8-13/h13H,4-12H2,1-3H3,(H,19,20). The Balaban J connectivity index is 1.99. The fraction of sp³-hybridized carbons (Fsp3) is 0.933. The highest BCUT2D eigenvalue weighted by atomic mass is 32.2. The molecule has 1 aliphatic carbocycles. The molecule has 1 saturated carbocycles. The SMILES string of the molecule is CN(C1CCCCC1)S(=O)(=O)N1CCN(C(C)(C)C(=O)O)CC1. The van der Waals surface area contributed by atoms with Gasteiger partial charge in [0.1, 0.15) is 5.54 Å². The van der Waals surface area contributed by atoms with Crippen molar-refractivity contribution in [3.05, 3.63) is 0 Å². The van der Waals surface area contributed by atoms with Gasteiger partial charge in [-0.3, -0.25) is 9.69 Å². The molecule has 8 heteroatoms. The Morgan fingerprint density at radius 3 is 2.09 bits per heavy atom. The third kappa shape index (κ3) is 3.87. The van der Waals surface area contributed by atoms with Crippen LogP contribution in [0.15, 0.2) is 0 Å². The zero-order chi connectivity index (χ0) is 17.3. The van der Waals surface area contributed by atoms with Crippen molar-refractivity contribution >= 4 is 16.2 Å². The second-order valence-corrected chi connectivity index (χ2v) is 9.05. The van der Waals surface area contributed by atoms with Gasteiger partial charge >= 0.3 is 5.97 Å². The number of aliphatic carboxylic acids is 1. The van der Waals surface area contributed by atoms with Crippen LogP contribution in [0.5, 0.6) is 0 Å². The molecule has 1 saturated heterocycles. The molecule has 0 unspecified atom stereocenters. The zero-order valence-electron chi connectivity index (χ0n) is 14.4. The summed E-state index contributed by atoms with van der Waals surface area (Å²) in [7, 11) is -1.78. The number of hydrogen-bond donors (Lipinski definition) is 1. The second-order valence-electron chi connectivity index (χ2n) is 7.07. The lowest BCUT2D eigenvalue weighted by molar-refractivity contribution is -0.150. The monoisotopic (exact) mass is 347 g/mol. The quantitative estimate of drug-likeness (QED) is 0.802. The molecule has 0 amide bonds. The molecule has 2 aliphatic rings. The van der Waals surface area contributed by atoms with Gasteiger partial charge in [0, 0.05) is 39.3 Å². The topological polar surface area (TPSA) is 81.2 Å². The van der Waals surface area contributed by atoms with Crippen molar-refractivity contribution in [1.29, 1.82) is 0 Å². The highest BCUT2D eigenvalue weighted by Crippen LogP contribution is 2.26. The Labute approximate surface area is 139 Å². The van der Waals surface area contributed by atoms with Crippen LogP contribution < -0.4 is 0 Å². The van der Waals surface area contributed by atoms with Crippen molar-refractivity contribution in [3.8, 4) is 0 Å². The van der Waals surface area contributed by atoms with Crippen molar-refractivity contribution in [1.82, 2.24) is 13.5 Å². The van der Waals surface area contributed by atoms with E-state index in [1.165, 1.54) is 15.0 Å². The summed E-state index contributed by atoms with van der Waals surface area (Å²) in [6.07, 6.45) is 5.23. The number of rotatable bonds is 5. The lowest BCUT2D eigenvalue weighted by Crippen LogP contribution is -2.60. The predicted molar refractivity (Wildman–Crippen MR) is 88.4 cm³/mol. The van der Waals surface area contributed by atoms with Crippen molar-refractivity contribution in [2.75, 3.05) is 33.2 Å². The molecular weight excluding hydrogens is 318 g/mol. The van der Waals surface area contributed by atoms with E-state index in [1.807, 2.05) is 4.90 Å². The first kappa shape index (κ1) is 18.6. The van der Waals surface area contributed by atoms with E-state index in [-0.39, 0.29) is 6.04 Å². The zero-order valence-corrected chi connectivity index (χ0v) is 15.2. The smallest absolute Gasteiger partial charge is 0.323 e. The third-order valence-electron chi connectivity index (χ3n) is 5.33. The summed E-state index contributed by atoms with van der Waals surface area (Å²) in [4.78, 5) is 13.2. The van der Waals surface area contributed by atoms with Gasteiger partial charge in [-0.25, -0.2) is 0 Å². The van der Waals surface area contributed by atoms with Crippen LogP contribution in [0.3, 0.4) is 0 Å². The summed E-state index contributed by atoms with van der Waals surface area (Å²) in [5, 5.41) is 9.30. The minimum atomic E-state index is -3.46. The largest absolute Gasteiger partial charge is 0.480 e. The normalized spacial score (nSPS) is 23.3. The van der Waals surface area contributed by atoms with Gasteiger partial charge in [0.15, 0.2) is 0 Å². The van der Waals surface area contributed by atoms with E-state index >= 15 is 0 Å². The van der Waals surface area contributed by atoms with Gasteiger partial charge in [-0.2, -0.15) is 17.0 Å². The van der Waals surface area contributed by atoms with Gasteiger partial charge in [-0.15, -0.1) is 0 Å². The van der Waals surface area contributed by atoms with Crippen LogP contribution >= 0.6 is 0 Å². The summed E-state index contributed by atoms with van der Waals surface area (Å²) in [5.74, 6) is -0.881. The van der Waals surface area contributed by atoms with Crippen LogP contribution in [0.25, 0.3) is 0 Å². The Bertz CT molecular complexity index is 521. The summed E-state index contributed by atoms with van der Waals surface area (Å²) < 4.78 is 28.6. The molecule has 0 bridgehead atoms. The van der Waals surface area contributed by atoms with Crippen LogP contribution in [-0.4, -0.2) is 77.8 Å². The van der Waals surface area contributed by atoms with Gasteiger partial charge in [0.05, 0.1) is 0 Å². The Kier molecular flexibility index (Phi) is 5.71. The average molecular weight is 347 g/mol. The highest BCUT2D eigenvalue weighted by molar-refractivity contribution is 7.86. The highest BCUT2D eigenvalue weighted by Gasteiger charge is 2.40. The molecule has 1 N–H and O–H groups in total. The molecule has 7 nitrogen and oxygen atoms in total. The molecule has 2 rings (SSSR count). The molecule has 0 aromatic carbocycles. The van der Waals surface area contributed by atoms with Crippen molar-refractivity contribution in [3.63, 3.8) is 0 Å². The molecule has 1 aliphatic heterocycles. The Morgan fingerprint density at radius 1 is 1.09 bits per heavy atom. The van der Waals surface area contributed by atoms with Crippen LogP contribution in [0.4, 0.5) is 0 Å². The maximum Gasteiger partial charge on any atom is 0.323 e. The average Bonchev–Trinajstić information content (AvgIpc) is 2.54. The van der Waals surface area contributed by atoms with Crippen molar-refractivity contribution < 1.29 is 18.3 Å². The summed E-state index contributed by atoms with van der Waals surface area (Å²) in [6.45, 7) is 4.89. The molecule has 0 spiro atoms. The first-order valence-corrected chi connectivity index (χ1v) is 9.78. The molecule has 134 valence electrons. The van der Waals surface area contributed by atoms with E-state index in [0.29, 0.717) is 26.2 Å². The second kappa shape index (κ2) is 7.04. The van der Waals surface area contributed by atoms with E-state index in [9.17, 15) is 18.3 Å². The number of nitrogens with zero attached hydrogens (tertiary/aromatic N) is 3. The van der Waals surface area contributed by atoms with Gasteiger partial charge in [-0.05, 0) is 26.7 Å². The number of carbonyl (C=O) groups is 1. The third-order valence-corrected chi connectivity index (χ3v) is 7.38. The molecule has 0 atom stereocenters. The Morgan fingerprint density at radius 2 is 1.61 bits per heavy atom. The van der Waals surface area contributed by atoms with E-state index < -0.39 is 21.7 Å². The minimum absolute atomic E-state index is 0.0993. The first-order chi connectivity index (χ1) is 10.7. The molecule has 0 radical (unpaired) electrons. The van der Waals surface area contributed by atoms with Crippen molar-refractivity contribution in [2.45, 2.75) is 57.5 Å². The van der Waals surface area contributed by atoms with Gasteiger partial charge in [0.2, 0.25) is 0 Å². The van der Waals surface area contributed by atoms with Crippen molar-refractivity contribution in [2.24, 2.45) is 0 Å². The lowest BCUT2D eigenvalue weighted by Gasteiger charge is -2.42. The number of carboxylic acid groups (broad SMARTS) is 1. The lowest BCUT2D eigenvalue weighted by atomic mass is 9.96. The first-order valence-electron chi connectivity index (χ1n) is 8.39. The fourth-order valence-corrected chi connectivity index (χ4v) is 5.00. The van der Waals surface area contributed by atoms with Gasteiger partial charge < -0.3 is 5.11 Å². The molecule has 0 aromatic heterocycles. The number of hydrogen-bond acceptors (Lipinski definition) is 4. The maximum atomic E-state index is 12.8. The summed E-state index contributed by atoms with van der Waals surface area (Å²) >= 11 is 0. The Hall–Kier alpha value is -0.700. The van der Waals surface area contributed by atoms with E-state index in [2.05, 4.69) is 0 Å². The molecule has 23 heavy (non-hydrogen) atoms. The fourth-order valence-electron chi connectivity index (χ4n) is 3.43. The minimum Gasteiger partial charge on any atom is -0.480 e. The van der Waals surface area contributed by atoms with E-state index in [0.717, 1.165) is 25.7 Å². The molecular formula is C15H29N3O4S. The molecule has 1 heterocycles. The summed E-state index contributed by atoms with van der Waals surface area (Å²) in [6, 6.07) is 0.0993. The van der Waals surface area contributed by atoms with Gasteiger partial charge in [0.25, 0.3) is 10.2 Å². The molecule has 2 fully saturated rings. The number of piperazine rings is 1. The van der Waals surface area contributed by atoms with Gasteiger partial charge in [-0.1, -0.05) is 19.3 Å². The van der Waals surface area contributed by atoms with E-state index in [1.54, 1.807) is 20.9 Å². The maximum absolute atomic E-state index is 12.8. The van der Waals surface area contributed by atoms with E-state index in [4.69, 9.17) is 0 Å². The van der Waals surface area contributed by atoms with Crippen LogP contribution in [0.2, 0.25) is 0 Å². The number of carboxylic acids is 1. The van der Waals surface area contributed by atoms with Crippen LogP contribution in [0, 0.1) is 0 Å². The van der Waals surface area contributed by atoms with Crippen LogP contribution in [0.1, 0.15) is 46.0 Å². The van der Waals surface area contributed by atoms with Crippen LogP contribution in [-0.2, 0) is 15.0 Å².